The molecule has 0 aromatic carbocycles. The number of fused-ring (bicyclic) bond motifs is 1. The molecule has 2 saturated carbocycles. The van der Waals surface area contributed by atoms with Crippen molar-refractivity contribution in [2.75, 3.05) is 17.2 Å². The lowest BCUT2D eigenvalue weighted by Gasteiger charge is -2.25. The summed E-state index contributed by atoms with van der Waals surface area (Å²) in [4.78, 5) is 35.7. The molecule has 2 heterocycles. The molecule has 180 valence electrons. The van der Waals surface area contributed by atoms with Crippen molar-refractivity contribution < 1.29 is 9.59 Å². The third kappa shape index (κ3) is 5.38. The van der Waals surface area contributed by atoms with Crippen LogP contribution in [-0.2, 0) is 17.6 Å². The predicted octanol–water partition coefficient (Wildman–Crippen LogP) is 3.49. The first kappa shape index (κ1) is 23.2. The molecule has 0 saturated heterocycles. The highest BCUT2D eigenvalue weighted by Crippen LogP contribution is 2.40. The SMILES string of the molecule is Cc1cnc(NC(=S)N[C@H]2CCc3sc(NC(=O)C4CC4)c(C(=O)NCC4CC4)c3C2)c(C)n1. The van der Waals surface area contributed by atoms with Crippen LogP contribution in [-0.4, -0.2) is 39.5 Å². The lowest BCUT2D eigenvalue weighted by molar-refractivity contribution is -0.117. The number of aromatic nitrogens is 2. The van der Waals surface area contributed by atoms with E-state index in [0.717, 1.165) is 42.6 Å². The summed E-state index contributed by atoms with van der Waals surface area (Å²) in [5.41, 5.74) is 3.32. The quantitative estimate of drug-likeness (QED) is 0.433. The number of aryl methyl sites for hydroxylation is 3. The minimum Gasteiger partial charge on any atom is -0.359 e. The van der Waals surface area contributed by atoms with Crippen LogP contribution in [0.3, 0.4) is 0 Å². The molecular weight excluding hydrogens is 468 g/mol. The average molecular weight is 499 g/mol. The van der Waals surface area contributed by atoms with Crippen molar-refractivity contribution in [3.05, 3.63) is 33.6 Å². The van der Waals surface area contributed by atoms with Crippen LogP contribution in [0.5, 0.6) is 0 Å². The van der Waals surface area contributed by atoms with E-state index in [2.05, 4.69) is 31.2 Å². The first-order valence-corrected chi connectivity index (χ1v) is 13.2. The Labute approximate surface area is 208 Å². The molecule has 10 heteroatoms. The standard InChI is InChI=1S/C24H30N6O2S2/c1-12-10-25-20(13(2)27-12)29-24(33)28-16-7-8-18-17(9-16)19(22(32)26-11-14-3-4-14)23(34-18)30-21(31)15-5-6-15/h10,14-16H,3-9,11H2,1-2H3,(H,26,32)(H,30,31)(H2,25,28,29,33)/t16-/m0/s1. The lowest BCUT2D eigenvalue weighted by atomic mass is 9.91. The summed E-state index contributed by atoms with van der Waals surface area (Å²) in [6, 6.07) is 0.0859. The van der Waals surface area contributed by atoms with Crippen molar-refractivity contribution in [3.63, 3.8) is 0 Å². The zero-order valence-corrected chi connectivity index (χ0v) is 21.1. The fourth-order valence-corrected chi connectivity index (χ4v) is 5.80. The zero-order valence-electron chi connectivity index (χ0n) is 19.5. The molecule has 1 atom stereocenters. The fraction of sp³-hybridized carbons (Fsp3) is 0.542. The number of thiocarbonyl (C=S) groups is 1. The molecule has 34 heavy (non-hydrogen) atoms. The highest BCUT2D eigenvalue weighted by atomic mass is 32.1. The molecule has 2 aromatic heterocycles. The third-order valence-electron chi connectivity index (χ3n) is 6.56. The number of hydrogen-bond donors (Lipinski definition) is 4. The molecule has 0 unspecified atom stereocenters. The summed E-state index contributed by atoms with van der Waals surface area (Å²) in [6.07, 6.45) is 8.34. The van der Waals surface area contributed by atoms with E-state index in [1.807, 2.05) is 13.8 Å². The summed E-state index contributed by atoms with van der Waals surface area (Å²) in [7, 11) is 0. The topological polar surface area (TPSA) is 108 Å². The number of anilines is 2. The van der Waals surface area contributed by atoms with E-state index in [1.54, 1.807) is 17.5 Å². The monoisotopic (exact) mass is 498 g/mol. The van der Waals surface area contributed by atoms with Gasteiger partial charge < -0.3 is 21.3 Å². The molecule has 0 spiro atoms. The Kier molecular flexibility index (Phi) is 6.52. The summed E-state index contributed by atoms with van der Waals surface area (Å²) >= 11 is 7.10. The number of hydrogen-bond acceptors (Lipinski definition) is 6. The Hall–Kier alpha value is -2.59. The number of amides is 2. The number of rotatable bonds is 7. The molecular formula is C24H30N6O2S2. The van der Waals surface area contributed by atoms with Gasteiger partial charge in [0.1, 0.15) is 5.00 Å². The van der Waals surface area contributed by atoms with Gasteiger partial charge in [0.25, 0.3) is 5.91 Å². The number of nitrogens with one attached hydrogen (secondary N) is 4. The van der Waals surface area contributed by atoms with Crippen LogP contribution >= 0.6 is 23.6 Å². The van der Waals surface area contributed by atoms with Crippen LogP contribution in [0.25, 0.3) is 0 Å². The van der Waals surface area contributed by atoms with Gasteiger partial charge in [-0.1, -0.05) is 0 Å². The van der Waals surface area contributed by atoms with Crippen LogP contribution in [0.2, 0.25) is 0 Å². The molecule has 3 aliphatic rings. The molecule has 0 radical (unpaired) electrons. The van der Waals surface area contributed by atoms with Gasteiger partial charge in [-0.05, 0) is 82.5 Å². The van der Waals surface area contributed by atoms with Gasteiger partial charge in [-0.3, -0.25) is 14.6 Å². The van der Waals surface area contributed by atoms with Crippen LogP contribution in [0.15, 0.2) is 6.20 Å². The number of carbonyl (C=O) groups is 2. The van der Waals surface area contributed by atoms with Gasteiger partial charge in [-0.2, -0.15) is 0 Å². The molecule has 2 fully saturated rings. The van der Waals surface area contributed by atoms with Gasteiger partial charge in [0.2, 0.25) is 5.91 Å². The molecule has 0 aliphatic heterocycles. The van der Waals surface area contributed by atoms with Gasteiger partial charge in [0.15, 0.2) is 10.9 Å². The van der Waals surface area contributed by atoms with Crippen molar-refractivity contribution in [3.8, 4) is 0 Å². The first-order chi connectivity index (χ1) is 16.4. The van der Waals surface area contributed by atoms with E-state index in [4.69, 9.17) is 12.2 Å². The summed E-state index contributed by atoms with van der Waals surface area (Å²) in [6.45, 7) is 4.50. The van der Waals surface area contributed by atoms with Crippen molar-refractivity contribution in [2.45, 2.75) is 64.8 Å². The van der Waals surface area contributed by atoms with E-state index in [1.165, 1.54) is 17.7 Å². The highest BCUT2D eigenvalue weighted by Gasteiger charge is 2.34. The van der Waals surface area contributed by atoms with Crippen molar-refractivity contribution in [1.29, 1.82) is 0 Å². The zero-order chi connectivity index (χ0) is 23.8. The minimum atomic E-state index is -0.0811. The maximum atomic E-state index is 13.2. The molecule has 3 aliphatic carbocycles. The van der Waals surface area contributed by atoms with Crippen LogP contribution < -0.4 is 21.3 Å². The summed E-state index contributed by atoms with van der Waals surface area (Å²) in [5, 5.41) is 13.9. The largest absolute Gasteiger partial charge is 0.359 e. The minimum absolute atomic E-state index is 0.0319. The highest BCUT2D eigenvalue weighted by molar-refractivity contribution is 7.80. The molecule has 0 bridgehead atoms. The van der Waals surface area contributed by atoms with Crippen LogP contribution in [0, 0.1) is 25.7 Å². The second kappa shape index (κ2) is 9.58. The Morgan fingerprint density at radius 3 is 2.65 bits per heavy atom. The number of carbonyl (C=O) groups excluding carboxylic acids is 2. The van der Waals surface area contributed by atoms with Crippen LogP contribution in [0.1, 0.15) is 64.3 Å². The first-order valence-electron chi connectivity index (χ1n) is 12.0. The molecule has 2 aromatic rings. The van der Waals surface area contributed by atoms with E-state index in [0.29, 0.717) is 40.4 Å². The van der Waals surface area contributed by atoms with Gasteiger partial charge in [-0.25, -0.2) is 4.98 Å². The van der Waals surface area contributed by atoms with Crippen molar-refractivity contribution in [1.82, 2.24) is 20.6 Å². The second-order valence-corrected chi connectivity index (χ2v) is 11.1. The van der Waals surface area contributed by atoms with E-state index in [9.17, 15) is 9.59 Å². The molecule has 5 rings (SSSR count). The Morgan fingerprint density at radius 2 is 1.94 bits per heavy atom. The molecule has 8 nitrogen and oxygen atoms in total. The van der Waals surface area contributed by atoms with E-state index < -0.39 is 0 Å². The summed E-state index contributed by atoms with van der Waals surface area (Å²) < 4.78 is 0. The second-order valence-electron chi connectivity index (χ2n) is 9.61. The van der Waals surface area contributed by atoms with E-state index >= 15 is 0 Å². The smallest absolute Gasteiger partial charge is 0.254 e. The van der Waals surface area contributed by atoms with Gasteiger partial charge in [0.05, 0.1) is 23.1 Å². The van der Waals surface area contributed by atoms with Gasteiger partial charge in [-0.15, -0.1) is 11.3 Å². The lowest BCUT2D eigenvalue weighted by Crippen LogP contribution is -2.41. The van der Waals surface area contributed by atoms with Crippen LogP contribution in [0.4, 0.5) is 10.8 Å². The molecule has 2 amide bonds. The Balaban J connectivity index is 1.30. The Morgan fingerprint density at radius 1 is 1.15 bits per heavy atom. The van der Waals surface area contributed by atoms with Crippen molar-refractivity contribution in [2.24, 2.45) is 11.8 Å². The summed E-state index contributed by atoms with van der Waals surface area (Å²) in [5.74, 6) is 1.27. The van der Waals surface area contributed by atoms with Gasteiger partial charge >= 0.3 is 0 Å². The normalized spacial score (nSPS) is 19.2. The predicted molar refractivity (Wildman–Crippen MR) is 137 cm³/mol. The van der Waals surface area contributed by atoms with E-state index in [-0.39, 0.29) is 23.8 Å². The third-order valence-corrected chi connectivity index (χ3v) is 7.98. The Bertz CT molecular complexity index is 1140. The van der Waals surface area contributed by atoms with Gasteiger partial charge in [0, 0.05) is 23.4 Å². The average Bonchev–Trinajstić information content (AvgIpc) is 3.71. The number of nitrogens with zero attached hydrogens (tertiary/aromatic N) is 2. The number of thiophene rings is 1. The van der Waals surface area contributed by atoms with Crippen molar-refractivity contribution >= 4 is 51.3 Å². The maximum Gasteiger partial charge on any atom is 0.254 e. The fourth-order valence-electron chi connectivity index (χ4n) is 4.29. The maximum absolute atomic E-state index is 13.2. The molecule has 4 N–H and O–H groups in total.